The molecule has 2 rings (SSSR count). The van der Waals surface area contributed by atoms with Crippen molar-refractivity contribution < 1.29 is 33.6 Å². The van der Waals surface area contributed by atoms with E-state index in [0.717, 1.165) is 6.92 Å². The number of Topliss-reactive ketones (excluding diaryl/α,β-unsaturated/α-hetero) is 1. The van der Waals surface area contributed by atoms with Crippen molar-refractivity contribution in [3.8, 4) is 0 Å². The average Bonchev–Trinajstić information content (AvgIpc) is 3.12. The highest BCUT2D eigenvalue weighted by Gasteiger charge is 2.67. The monoisotopic (exact) mass is 353 g/mol. The first-order chi connectivity index (χ1) is 11.8. The molecule has 25 heavy (non-hydrogen) atoms. The van der Waals surface area contributed by atoms with Crippen LogP contribution in [0.25, 0.3) is 0 Å². The van der Waals surface area contributed by atoms with Gasteiger partial charge in [-0.25, -0.2) is 0 Å². The molecular formula is C16H19NO8. The Bertz CT molecular complexity index is 666. The summed E-state index contributed by atoms with van der Waals surface area (Å²) in [7, 11) is 0. The molecule has 0 saturated heterocycles. The van der Waals surface area contributed by atoms with Gasteiger partial charge in [0, 0.05) is 10.8 Å². The number of hydrogen-bond donors (Lipinski definition) is 1. The van der Waals surface area contributed by atoms with Crippen LogP contribution in [-0.4, -0.2) is 40.4 Å². The molecule has 1 fully saturated rings. The number of furan rings is 1. The van der Waals surface area contributed by atoms with Crippen LogP contribution >= 0.6 is 0 Å². The van der Waals surface area contributed by atoms with Crippen molar-refractivity contribution in [3.05, 3.63) is 34.3 Å². The Morgan fingerprint density at radius 3 is 2.60 bits per heavy atom. The van der Waals surface area contributed by atoms with Gasteiger partial charge >= 0.3 is 11.9 Å². The first-order valence-electron chi connectivity index (χ1n) is 7.82. The average molecular weight is 353 g/mol. The third-order valence-corrected chi connectivity index (χ3v) is 4.78. The molecule has 136 valence electrons. The van der Waals surface area contributed by atoms with E-state index in [1.165, 1.54) is 18.4 Å². The second kappa shape index (κ2) is 7.04. The number of carboxylic acids is 1. The number of nitro groups is 1. The van der Waals surface area contributed by atoms with E-state index in [0.29, 0.717) is 0 Å². The molecule has 0 radical (unpaired) electrons. The maximum Gasteiger partial charge on any atom is 0.318 e. The fraction of sp³-hybridized carbons (Fsp3) is 0.562. The van der Waals surface area contributed by atoms with Gasteiger partial charge in [0.1, 0.15) is 22.9 Å². The van der Waals surface area contributed by atoms with Crippen LogP contribution in [0.1, 0.15) is 38.4 Å². The third-order valence-electron chi connectivity index (χ3n) is 4.78. The number of ether oxygens (including phenoxy) is 1. The number of esters is 1. The zero-order valence-corrected chi connectivity index (χ0v) is 13.8. The predicted octanol–water partition coefficient (Wildman–Crippen LogP) is 1.64. The lowest BCUT2D eigenvalue weighted by Crippen LogP contribution is -2.43. The quantitative estimate of drug-likeness (QED) is 0.338. The van der Waals surface area contributed by atoms with Crippen molar-refractivity contribution >= 4 is 17.7 Å². The van der Waals surface area contributed by atoms with Gasteiger partial charge in [-0.15, -0.1) is 0 Å². The summed E-state index contributed by atoms with van der Waals surface area (Å²) in [6.45, 7) is 2.79. The number of nitrogens with zero attached hydrogens (tertiary/aromatic N) is 1. The minimum absolute atomic E-state index is 0.0469. The molecule has 0 amide bonds. The van der Waals surface area contributed by atoms with Crippen LogP contribution in [0.2, 0.25) is 0 Å². The summed E-state index contributed by atoms with van der Waals surface area (Å²) in [5, 5.41) is 21.5. The predicted molar refractivity (Wildman–Crippen MR) is 82.3 cm³/mol. The molecule has 0 bridgehead atoms. The number of carbonyl (C=O) groups excluding carboxylic acids is 2. The van der Waals surface area contributed by atoms with Gasteiger partial charge in [-0.2, -0.15) is 0 Å². The van der Waals surface area contributed by atoms with Crippen LogP contribution < -0.4 is 0 Å². The molecule has 4 atom stereocenters. The number of rotatable bonds is 7. The smallest absolute Gasteiger partial charge is 0.318 e. The molecule has 9 heteroatoms. The zero-order valence-electron chi connectivity index (χ0n) is 13.8. The van der Waals surface area contributed by atoms with Gasteiger partial charge in [0.05, 0.1) is 19.3 Å². The largest absolute Gasteiger partial charge is 0.480 e. The summed E-state index contributed by atoms with van der Waals surface area (Å²) in [4.78, 5) is 47.1. The Morgan fingerprint density at radius 1 is 1.48 bits per heavy atom. The Balaban J connectivity index is 2.55. The second-order valence-corrected chi connectivity index (χ2v) is 6.08. The van der Waals surface area contributed by atoms with Crippen molar-refractivity contribution in [2.24, 2.45) is 11.3 Å². The molecule has 1 aliphatic rings. The Hall–Kier alpha value is -2.71. The van der Waals surface area contributed by atoms with Crippen LogP contribution in [0, 0.1) is 21.4 Å². The molecule has 0 spiro atoms. The summed E-state index contributed by atoms with van der Waals surface area (Å²) in [6.07, 6.45) is 0.601. The van der Waals surface area contributed by atoms with Crippen LogP contribution in [-0.2, 0) is 19.1 Å². The van der Waals surface area contributed by atoms with Gasteiger partial charge in [0.2, 0.25) is 6.04 Å². The van der Waals surface area contributed by atoms with Crippen molar-refractivity contribution in [1.82, 2.24) is 0 Å². The van der Waals surface area contributed by atoms with Gasteiger partial charge in [0.25, 0.3) is 0 Å². The lowest BCUT2D eigenvalue weighted by Gasteiger charge is -2.27. The second-order valence-electron chi connectivity index (χ2n) is 6.08. The van der Waals surface area contributed by atoms with Gasteiger partial charge in [-0.3, -0.25) is 24.5 Å². The molecule has 1 saturated carbocycles. The minimum atomic E-state index is -2.02. The van der Waals surface area contributed by atoms with Gasteiger partial charge in [-0.1, -0.05) is 0 Å². The van der Waals surface area contributed by atoms with Crippen LogP contribution in [0.15, 0.2) is 22.8 Å². The topological polar surface area (TPSA) is 137 Å². The van der Waals surface area contributed by atoms with E-state index in [4.69, 9.17) is 9.15 Å². The molecule has 1 aliphatic carbocycles. The molecule has 9 nitrogen and oxygen atoms in total. The number of carboxylic acid groups (broad SMARTS) is 1. The summed E-state index contributed by atoms with van der Waals surface area (Å²) < 4.78 is 10.0. The summed E-state index contributed by atoms with van der Waals surface area (Å²) >= 11 is 0. The lowest BCUT2D eigenvalue weighted by molar-refractivity contribution is -0.533. The Morgan fingerprint density at radius 2 is 2.16 bits per heavy atom. The van der Waals surface area contributed by atoms with Gasteiger partial charge in [-0.05, 0) is 32.4 Å². The van der Waals surface area contributed by atoms with E-state index in [1.54, 1.807) is 6.92 Å². The normalized spacial score (nSPS) is 28.5. The Kier molecular flexibility index (Phi) is 5.24. The van der Waals surface area contributed by atoms with E-state index < -0.39 is 45.9 Å². The third kappa shape index (κ3) is 3.13. The molecule has 1 aromatic heterocycles. The first kappa shape index (κ1) is 18.6. The lowest BCUT2D eigenvalue weighted by atomic mass is 9.72. The maximum absolute atomic E-state index is 12.3. The molecule has 1 aromatic rings. The first-order valence-corrected chi connectivity index (χ1v) is 7.82. The van der Waals surface area contributed by atoms with Gasteiger partial charge in [0.15, 0.2) is 0 Å². The molecule has 1 heterocycles. The molecule has 1 N–H and O–H groups in total. The number of carbonyl (C=O) groups is 3. The van der Waals surface area contributed by atoms with E-state index in [-0.39, 0.29) is 25.2 Å². The summed E-state index contributed by atoms with van der Waals surface area (Å²) in [5.74, 6) is -5.04. The molecule has 4 unspecified atom stereocenters. The highest BCUT2D eigenvalue weighted by molar-refractivity contribution is 6.03. The van der Waals surface area contributed by atoms with Gasteiger partial charge < -0.3 is 14.3 Å². The van der Waals surface area contributed by atoms with E-state index >= 15 is 0 Å². The number of ketones is 1. The van der Waals surface area contributed by atoms with Crippen molar-refractivity contribution in [3.63, 3.8) is 0 Å². The number of aliphatic carboxylic acids is 1. The minimum Gasteiger partial charge on any atom is -0.480 e. The molecular weight excluding hydrogens is 334 g/mol. The standard InChI is InChI=1S/C16H19NO8/c1-3-24-12(19)7-10-8-16(9(2)18,15(20)21)13(14(10)17(22)23)11-5-4-6-25-11/h4-6,10,13-14H,3,7-8H2,1-2H3,(H,20,21). The fourth-order valence-corrected chi connectivity index (χ4v) is 3.76. The maximum atomic E-state index is 12.3. The van der Waals surface area contributed by atoms with Crippen molar-refractivity contribution in [2.45, 2.75) is 38.6 Å². The summed E-state index contributed by atoms with van der Waals surface area (Å²) in [5.41, 5.74) is -2.02. The highest BCUT2D eigenvalue weighted by Crippen LogP contribution is 2.55. The van der Waals surface area contributed by atoms with E-state index in [9.17, 15) is 29.6 Å². The SMILES string of the molecule is CCOC(=O)CC1CC(C(C)=O)(C(=O)O)C(c2ccco2)C1[N+](=O)[O-]. The highest BCUT2D eigenvalue weighted by atomic mass is 16.6. The Labute approximate surface area is 143 Å². The zero-order chi connectivity index (χ0) is 18.8. The molecule has 0 aromatic carbocycles. The van der Waals surface area contributed by atoms with Crippen molar-refractivity contribution in [1.29, 1.82) is 0 Å². The van der Waals surface area contributed by atoms with E-state index in [2.05, 4.69) is 0 Å². The van der Waals surface area contributed by atoms with Crippen LogP contribution in [0.4, 0.5) is 0 Å². The number of hydrogen-bond acceptors (Lipinski definition) is 7. The van der Waals surface area contributed by atoms with Crippen LogP contribution in [0.5, 0.6) is 0 Å². The van der Waals surface area contributed by atoms with Crippen LogP contribution in [0.3, 0.4) is 0 Å². The van der Waals surface area contributed by atoms with E-state index in [1.807, 2.05) is 0 Å². The van der Waals surface area contributed by atoms with Crippen molar-refractivity contribution in [2.75, 3.05) is 6.61 Å². The summed E-state index contributed by atoms with van der Waals surface area (Å²) in [6, 6.07) is 1.43. The fourth-order valence-electron chi connectivity index (χ4n) is 3.76. The molecule has 0 aliphatic heterocycles.